The average Bonchev–Trinajstić information content (AvgIpc) is 2.26. The van der Waals surface area contributed by atoms with Crippen LogP contribution in [0.2, 0.25) is 0 Å². The number of nitriles is 1. The van der Waals surface area contributed by atoms with Crippen molar-refractivity contribution in [2.45, 2.75) is 26.3 Å². The van der Waals surface area contributed by atoms with Crippen molar-refractivity contribution in [2.24, 2.45) is 5.92 Å². The SMILES string of the molecule is COC(=O)C(CC(C)C)NC(=O)CN(C)CC#N. The van der Waals surface area contributed by atoms with Gasteiger partial charge in [-0.15, -0.1) is 0 Å². The molecule has 0 saturated heterocycles. The molecule has 0 aliphatic heterocycles. The van der Waals surface area contributed by atoms with Gasteiger partial charge >= 0.3 is 5.97 Å². The van der Waals surface area contributed by atoms with E-state index < -0.39 is 12.0 Å². The van der Waals surface area contributed by atoms with Gasteiger partial charge < -0.3 is 10.1 Å². The Morgan fingerprint density at radius 3 is 2.50 bits per heavy atom. The van der Waals surface area contributed by atoms with E-state index in [0.717, 1.165) is 0 Å². The number of ether oxygens (including phenoxy) is 1. The van der Waals surface area contributed by atoms with E-state index in [2.05, 4.69) is 10.1 Å². The molecule has 102 valence electrons. The number of nitrogens with zero attached hydrogens (tertiary/aromatic N) is 2. The monoisotopic (exact) mass is 255 g/mol. The molecule has 1 amide bonds. The highest BCUT2D eigenvalue weighted by Gasteiger charge is 2.22. The molecule has 1 N–H and O–H groups in total. The summed E-state index contributed by atoms with van der Waals surface area (Å²) in [5.74, 6) is -0.463. The molecule has 1 unspecified atom stereocenters. The lowest BCUT2D eigenvalue weighted by atomic mass is 10.0. The molecule has 0 aromatic heterocycles. The maximum absolute atomic E-state index is 11.7. The third-order valence-electron chi connectivity index (χ3n) is 2.28. The van der Waals surface area contributed by atoms with E-state index in [1.807, 2.05) is 19.9 Å². The number of carbonyl (C=O) groups excluding carboxylic acids is 2. The van der Waals surface area contributed by atoms with Crippen LogP contribution in [0.15, 0.2) is 0 Å². The van der Waals surface area contributed by atoms with Gasteiger partial charge in [0, 0.05) is 0 Å². The van der Waals surface area contributed by atoms with Gasteiger partial charge in [-0.05, 0) is 19.4 Å². The zero-order valence-electron chi connectivity index (χ0n) is 11.4. The molecule has 0 radical (unpaired) electrons. The second-order valence-electron chi connectivity index (χ2n) is 4.60. The van der Waals surface area contributed by atoms with Crippen LogP contribution in [0.4, 0.5) is 0 Å². The second kappa shape index (κ2) is 8.48. The quantitative estimate of drug-likeness (QED) is 0.517. The Bertz CT molecular complexity index is 323. The molecule has 18 heavy (non-hydrogen) atoms. The van der Waals surface area contributed by atoms with Crippen LogP contribution < -0.4 is 5.32 Å². The fourth-order valence-corrected chi connectivity index (χ4v) is 1.49. The molecule has 0 spiro atoms. The van der Waals surface area contributed by atoms with Gasteiger partial charge in [-0.1, -0.05) is 13.8 Å². The Morgan fingerprint density at radius 2 is 2.06 bits per heavy atom. The highest BCUT2D eigenvalue weighted by Crippen LogP contribution is 2.06. The summed E-state index contributed by atoms with van der Waals surface area (Å²) in [4.78, 5) is 24.7. The molecule has 0 rings (SSSR count). The van der Waals surface area contributed by atoms with Crippen LogP contribution in [-0.2, 0) is 14.3 Å². The Balaban J connectivity index is 4.35. The minimum atomic E-state index is -0.627. The number of rotatable bonds is 7. The van der Waals surface area contributed by atoms with Crippen molar-refractivity contribution < 1.29 is 14.3 Å². The van der Waals surface area contributed by atoms with Crippen molar-refractivity contribution in [2.75, 3.05) is 27.2 Å². The summed E-state index contributed by atoms with van der Waals surface area (Å²) in [6, 6.07) is 1.32. The fourth-order valence-electron chi connectivity index (χ4n) is 1.49. The summed E-state index contributed by atoms with van der Waals surface area (Å²) in [6.07, 6.45) is 0.528. The molecule has 0 aliphatic rings. The number of hydrogen-bond acceptors (Lipinski definition) is 5. The van der Waals surface area contributed by atoms with E-state index in [9.17, 15) is 9.59 Å². The Kier molecular flexibility index (Phi) is 7.72. The van der Waals surface area contributed by atoms with Crippen LogP contribution in [0, 0.1) is 17.2 Å². The lowest BCUT2D eigenvalue weighted by molar-refractivity contribution is -0.145. The van der Waals surface area contributed by atoms with Crippen LogP contribution in [0.5, 0.6) is 0 Å². The predicted octanol–water partition coefficient (Wildman–Crippen LogP) is 0.146. The number of nitrogens with one attached hydrogen (secondary N) is 1. The number of esters is 1. The van der Waals surface area contributed by atoms with E-state index in [1.165, 1.54) is 7.11 Å². The first-order chi connectivity index (χ1) is 8.40. The van der Waals surface area contributed by atoms with E-state index in [4.69, 9.17) is 5.26 Å². The third kappa shape index (κ3) is 6.86. The summed E-state index contributed by atoms with van der Waals surface area (Å²) in [6.45, 7) is 4.17. The lowest BCUT2D eigenvalue weighted by Gasteiger charge is -2.20. The van der Waals surface area contributed by atoms with Gasteiger partial charge in [0.15, 0.2) is 0 Å². The standard InChI is InChI=1S/C12H21N3O3/c1-9(2)7-10(12(17)18-4)14-11(16)8-15(3)6-5-13/h9-10H,6-8H2,1-4H3,(H,14,16). The zero-order chi connectivity index (χ0) is 14.1. The predicted molar refractivity (Wildman–Crippen MR) is 66.5 cm³/mol. The van der Waals surface area contributed by atoms with E-state index in [1.54, 1.807) is 11.9 Å². The van der Waals surface area contributed by atoms with E-state index >= 15 is 0 Å². The van der Waals surface area contributed by atoms with Crippen LogP contribution >= 0.6 is 0 Å². The van der Waals surface area contributed by atoms with Crippen molar-refractivity contribution in [1.82, 2.24) is 10.2 Å². The number of hydrogen-bond donors (Lipinski definition) is 1. The Morgan fingerprint density at radius 1 is 1.44 bits per heavy atom. The summed E-state index contributed by atoms with van der Waals surface area (Å²) < 4.78 is 4.65. The zero-order valence-corrected chi connectivity index (χ0v) is 11.4. The third-order valence-corrected chi connectivity index (χ3v) is 2.28. The summed E-state index contributed by atoms with van der Waals surface area (Å²) in [5.41, 5.74) is 0. The van der Waals surface area contributed by atoms with Crippen LogP contribution in [0.1, 0.15) is 20.3 Å². The molecule has 0 aromatic rings. The van der Waals surface area contributed by atoms with Gasteiger partial charge in [-0.2, -0.15) is 5.26 Å². The lowest BCUT2D eigenvalue weighted by Crippen LogP contribution is -2.46. The van der Waals surface area contributed by atoms with Crippen LogP contribution in [0.3, 0.4) is 0 Å². The van der Waals surface area contributed by atoms with Crippen molar-refractivity contribution >= 4 is 11.9 Å². The minimum Gasteiger partial charge on any atom is -0.467 e. The number of amides is 1. The number of likely N-dealkylation sites (N-methyl/N-ethyl adjacent to an activating group) is 1. The molecule has 0 fully saturated rings. The smallest absolute Gasteiger partial charge is 0.328 e. The maximum atomic E-state index is 11.7. The summed E-state index contributed by atoms with van der Waals surface area (Å²) in [5, 5.41) is 11.1. The first-order valence-electron chi connectivity index (χ1n) is 5.83. The van der Waals surface area contributed by atoms with Crippen LogP contribution in [0.25, 0.3) is 0 Å². The van der Waals surface area contributed by atoms with Gasteiger partial charge in [0.2, 0.25) is 5.91 Å². The molecule has 0 aliphatic carbocycles. The fraction of sp³-hybridized carbons (Fsp3) is 0.750. The topological polar surface area (TPSA) is 82.4 Å². The molecule has 6 nitrogen and oxygen atoms in total. The van der Waals surface area contributed by atoms with E-state index in [0.29, 0.717) is 6.42 Å². The van der Waals surface area contributed by atoms with Gasteiger partial charge in [0.25, 0.3) is 0 Å². The molecule has 0 saturated carbocycles. The van der Waals surface area contributed by atoms with E-state index in [-0.39, 0.29) is 24.9 Å². The molecule has 0 bridgehead atoms. The number of carbonyl (C=O) groups is 2. The molecular formula is C12H21N3O3. The number of methoxy groups -OCH3 is 1. The first kappa shape index (κ1) is 16.4. The van der Waals surface area contributed by atoms with Gasteiger partial charge in [0.05, 0.1) is 26.3 Å². The summed E-state index contributed by atoms with van der Waals surface area (Å²) >= 11 is 0. The second-order valence-corrected chi connectivity index (χ2v) is 4.60. The first-order valence-corrected chi connectivity index (χ1v) is 5.83. The Hall–Kier alpha value is -1.61. The van der Waals surface area contributed by atoms with Crippen LogP contribution in [-0.4, -0.2) is 50.1 Å². The van der Waals surface area contributed by atoms with Crippen molar-refractivity contribution in [3.05, 3.63) is 0 Å². The van der Waals surface area contributed by atoms with Crippen molar-refractivity contribution in [3.8, 4) is 6.07 Å². The van der Waals surface area contributed by atoms with Gasteiger partial charge in [0.1, 0.15) is 6.04 Å². The Labute approximate surface area is 108 Å². The average molecular weight is 255 g/mol. The normalized spacial score (nSPS) is 12.1. The molecule has 6 heteroatoms. The van der Waals surface area contributed by atoms with Crippen molar-refractivity contribution in [3.63, 3.8) is 0 Å². The highest BCUT2D eigenvalue weighted by molar-refractivity contribution is 5.85. The van der Waals surface area contributed by atoms with Gasteiger partial charge in [-0.3, -0.25) is 9.69 Å². The highest BCUT2D eigenvalue weighted by atomic mass is 16.5. The molecular weight excluding hydrogens is 234 g/mol. The molecule has 0 aromatic carbocycles. The molecule has 1 atom stereocenters. The minimum absolute atomic E-state index is 0.0825. The molecule has 0 heterocycles. The summed E-state index contributed by atoms with van der Waals surface area (Å²) in [7, 11) is 2.96. The van der Waals surface area contributed by atoms with Crippen molar-refractivity contribution in [1.29, 1.82) is 5.26 Å². The largest absolute Gasteiger partial charge is 0.467 e. The maximum Gasteiger partial charge on any atom is 0.328 e. The van der Waals surface area contributed by atoms with Gasteiger partial charge in [-0.25, -0.2) is 4.79 Å².